The fourth-order valence-electron chi connectivity index (χ4n) is 1.94. The van der Waals surface area contributed by atoms with Crippen LogP contribution in [0.4, 0.5) is 0 Å². The molecule has 0 atom stereocenters. The molecule has 0 aliphatic heterocycles. The predicted octanol–water partition coefficient (Wildman–Crippen LogP) is 3.13. The highest BCUT2D eigenvalue weighted by molar-refractivity contribution is 7.07. The van der Waals surface area contributed by atoms with Crippen molar-refractivity contribution < 1.29 is 4.79 Å². The first-order chi connectivity index (χ1) is 8.74. The van der Waals surface area contributed by atoms with E-state index < -0.39 is 0 Å². The van der Waals surface area contributed by atoms with Crippen molar-refractivity contribution in [2.75, 3.05) is 0 Å². The van der Waals surface area contributed by atoms with Gasteiger partial charge >= 0.3 is 0 Å². The Morgan fingerprint density at radius 3 is 2.83 bits per heavy atom. The van der Waals surface area contributed by atoms with E-state index >= 15 is 0 Å². The standard InChI is InChI=1S/C13H17N3OS/c1-3-11(4-2)16-6-5-10(15-16)7-13(17)12-8-18-9-14-12/h5-6,8-9,11H,3-4,7H2,1-2H3. The zero-order valence-corrected chi connectivity index (χ0v) is 11.5. The molecule has 0 saturated heterocycles. The summed E-state index contributed by atoms with van der Waals surface area (Å²) in [6, 6.07) is 2.34. The van der Waals surface area contributed by atoms with Gasteiger partial charge in [0, 0.05) is 11.6 Å². The Balaban J connectivity index is 2.05. The molecule has 0 N–H and O–H groups in total. The Morgan fingerprint density at radius 1 is 1.44 bits per heavy atom. The molecule has 0 fully saturated rings. The smallest absolute Gasteiger partial charge is 0.188 e. The zero-order chi connectivity index (χ0) is 13.0. The molecule has 0 amide bonds. The molecule has 2 rings (SSSR count). The lowest BCUT2D eigenvalue weighted by molar-refractivity contribution is 0.0987. The minimum atomic E-state index is 0.0334. The van der Waals surface area contributed by atoms with Gasteiger partial charge in [-0.15, -0.1) is 11.3 Å². The van der Waals surface area contributed by atoms with E-state index in [1.807, 2.05) is 16.9 Å². The maximum atomic E-state index is 11.9. The van der Waals surface area contributed by atoms with E-state index in [2.05, 4.69) is 23.9 Å². The first kappa shape index (κ1) is 13.0. The van der Waals surface area contributed by atoms with E-state index in [-0.39, 0.29) is 5.78 Å². The Kier molecular flexibility index (Phi) is 4.25. The van der Waals surface area contributed by atoms with Crippen LogP contribution in [-0.4, -0.2) is 20.5 Å². The van der Waals surface area contributed by atoms with Crippen LogP contribution in [0.1, 0.15) is 48.9 Å². The number of Topliss-reactive ketones (excluding diaryl/α,β-unsaturated/α-hetero) is 1. The molecule has 0 saturated carbocycles. The van der Waals surface area contributed by atoms with Crippen LogP contribution in [-0.2, 0) is 6.42 Å². The Hall–Kier alpha value is -1.49. The second-order valence-electron chi connectivity index (χ2n) is 4.23. The third kappa shape index (κ3) is 2.85. The van der Waals surface area contributed by atoms with Crippen LogP contribution in [0.2, 0.25) is 0 Å². The fraction of sp³-hybridized carbons (Fsp3) is 0.462. The lowest BCUT2D eigenvalue weighted by atomic mass is 10.2. The number of thiazole rings is 1. The Morgan fingerprint density at radius 2 is 2.22 bits per heavy atom. The van der Waals surface area contributed by atoms with Gasteiger partial charge in [0.25, 0.3) is 0 Å². The molecule has 4 nitrogen and oxygen atoms in total. The van der Waals surface area contributed by atoms with Crippen molar-refractivity contribution in [3.63, 3.8) is 0 Å². The van der Waals surface area contributed by atoms with Crippen LogP contribution in [0, 0.1) is 0 Å². The van der Waals surface area contributed by atoms with Gasteiger partial charge in [-0.05, 0) is 18.9 Å². The number of ketones is 1. The molecule has 96 valence electrons. The number of rotatable bonds is 6. The van der Waals surface area contributed by atoms with E-state index in [9.17, 15) is 4.79 Å². The van der Waals surface area contributed by atoms with Crippen molar-refractivity contribution in [1.82, 2.24) is 14.8 Å². The average Bonchev–Trinajstić information content (AvgIpc) is 3.01. The van der Waals surface area contributed by atoms with Crippen LogP contribution in [0.5, 0.6) is 0 Å². The Labute approximate surface area is 111 Å². The number of nitrogens with zero attached hydrogens (tertiary/aromatic N) is 3. The predicted molar refractivity (Wildman–Crippen MR) is 72.0 cm³/mol. The summed E-state index contributed by atoms with van der Waals surface area (Å²) in [5.74, 6) is 0.0334. The molecule has 5 heteroatoms. The molecule has 0 aliphatic carbocycles. The molecule has 0 radical (unpaired) electrons. The summed E-state index contributed by atoms with van der Waals surface area (Å²) >= 11 is 1.44. The topological polar surface area (TPSA) is 47.8 Å². The molecule has 0 spiro atoms. The summed E-state index contributed by atoms with van der Waals surface area (Å²) < 4.78 is 1.96. The SMILES string of the molecule is CCC(CC)n1ccc(CC(=O)c2cscn2)n1. The number of carbonyl (C=O) groups is 1. The van der Waals surface area contributed by atoms with Gasteiger partial charge in [0.1, 0.15) is 5.69 Å². The molecule has 0 bridgehead atoms. The van der Waals surface area contributed by atoms with Gasteiger partial charge in [-0.1, -0.05) is 13.8 Å². The van der Waals surface area contributed by atoms with Gasteiger partial charge in [0.05, 0.1) is 23.7 Å². The monoisotopic (exact) mass is 263 g/mol. The summed E-state index contributed by atoms with van der Waals surface area (Å²) in [5.41, 5.74) is 3.03. The van der Waals surface area contributed by atoms with Crippen molar-refractivity contribution in [1.29, 1.82) is 0 Å². The highest BCUT2D eigenvalue weighted by Gasteiger charge is 2.13. The van der Waals surface area contributed by atoms with Gasteiger partial charge in [-0.2, -0.15) is 5.10 Å². The van der Waals surface area contributed by atoms with Gasteiger partial charge in [0.15, 0.2) is 5.78 Å². The molecule has 0 aliphatic rings. The van der Waals surface area contributed by atoms with E-state index in [1.165, 1.54) is 11.3 Å². The maximum Gasteiger partial charge on any atom is 0.188 e. The third-order valence-corrected chi connectivity index (χ3v) is 3.63. The molecule has 18 heavy (non-hydrogen) atoms. The maximum absolute atomic E-state index is 11.9. The number of aromatic nitrogens is 3. The van der Waals surface area contributed by atoms with Gasteiger partial charge in [-0.25, -0.2) is 4.98 Å². The fourth-order valence-corrected chi connectivity index (χ4v) is 2.50. The van der Waals surface area contributed by atoms with Gasteiger partial charge < -0.3 is 0 Å². The molecule has 2 heterocycles. The van der Waals surface area contributed by atoms with Crippen molar-refractivity contribution in [2.45, 2.75) is 39.2 Å². The summed E-state index contributed by atoms with van der Waals surface area (Å²) in [6.07, 6.45) is 4.40. The number of carbonyl (C=O) groups excluding carboxylic acids is 1. The third-order valence-electron chi connectivity index (χ3n) is 3.04. The lowest BCUT2D eigenvalue weighted by Gasteiger charge is -2.12. The van der Waals surface area contributed by atoms with Gasteiger partial charge in [0.2, 0.25) is 0 Å². The molecule has 0 unspecified atom stereocenters. The first-order valence-corrected chi connectivity index (χ1v) is 7.14. The second-order valence-corrected chi connectivity index (χ2v) is 4.95. The summed E-state index contributed by atoms with van der Waals surface area (Å²) in [5, 5.41) is 6.25. The average molecular weight is 263 g/mol. The van der Waals surface area contributed by atoms with Crippen molar-refractivity contribution in [2.24, 2.45) is 0 Å². The lowest BCUT2D eigenvalue weighted by Crippen LogP contribution is -2.09. The normalized spacial score (nSPS) is 11.1. The van der Waals surface area contributed by atoms with Crippen LogP contribution in [0.15, 0.2) is 23.2 Å². The van der Waals surface area contributed by atoms with Crippen molar-refractivity contribution >= 4 is 17.1 Å². The molecular formula is C13H17N3OS. The molecular weight excluding hydrogens is 246 g/mol. The van der Waals surface area contributed by atoms with Gasteiger partial charge in [-0.3, -0.25) is 9.48 Å². The quantitative estimate of drug-likeness (QED) is 0.752. The summed E-state index contributed by atoms with van der Waals surface area (Å²) in [4.78, 5) is 15.9. The van der Waals surface area contributed by atoms with Crippen molar-refractivity contribution in [3.8, 4) is 0 Å². The minimum Gasteiger partial charge on any atom is -0.292 e. The van der Waals surface area contributed by atoms with E-state index in [0.717, 1.165) is 18.5 Å². The molecule has 2 aromatic heterocycles. The van der Waals surface area contributed by atoms with Crippen molar-refractivity contribution in [3.05, 3.63) is 34.5 Å². The molecule has 2 aromatic rings. The highest BCUT2D eigenvalue weighted by atomic mass is 32.1. The number of hydrogen-bond acceptors (Lipinski definition) is 4. The largest absolute Gasteiger partial charge is 0.292 e. The van der Waals surface area contributed by atoms with Crippen LogP contribution in [0.3, 0.4) is 0 Å². The van der Waals surface area contributed by atoms with E-state index in [4.69, 9.17) is 0 Å². The van der Waals surface area contributed by atoms with Crippen LogP contribution in [0.25, 0.3) is 0 Å². The zero-order valence-electron chi connectivity index (χ0n) is 10.7. The van der Waals surface area contributed by atoms with E-state index in [1.54, 1.807) is 10.9 Å². The summed E-state index contributed by atoms with van der Waals surface area (Å²) in [7, 11) is 0. The van der Waals surface area contributed by atoms with E-state index in [0.29, 0.717) is 18.2 Å². The summed E-state index contributed by atoms with van der Waals surface area (Å²) in [6.45, 7) is 4.30. The minimum absolute atomic E-state index is 0.0334. The molecule has 0 aromatic carbocycles. The second kappa shape index (κ2) is 5.91. The first-order valence-electron chi connectivity index (χ1n) is 6.20. The Bertz CT molecular complexity index is 500. The van der Waals surface area contributed by atoms with Crippen LogP contribution < -0.4 is 0 Å². The highest BCUT2D eigenvalue weighted by Crippen LogP contribution is 2.15. The van der Waals surface area contributed by atoms with Crippen LogP contribution >= 0.6 is 11.3 Å². The number of hydrogen-bond donors (Lipinski definition) is 0.